The van der Waals surface area contributed by atoms with Gasteiger partial charge in [-0.15, -0.1) is 0 Å². The van der Waals surface area contributed by atoms with Crippen LogP contribution in [0.4, 0.5) is 5.69 Å². The highest BCUT2D eigenvalue weighted by Gasteiger charge is 2.25. The lowest BCUT2D eigenvalue weighted by Gasteiger charge is -2.32. The molecule has 29 heavy (non-hydrogen) atoms. The van der Waals surface area contributed by atoms with Gasteiger partial charge in [0.05, 0.1) is 12.6 Å². The van der Waals surface area contributed by atoms with Crippen LogP contribution >= 0.6 is 0 Å². The fourth-order valence-electron chi connectivity index (χ4n) is 4.47. The maximum atomic E-state index is 12.6. The molecule has 0 saturated carbocycles. The standard InChI is InChI=1S/C23H30N4O2/c28-22(26-20-10-3-8-18-7-1-2-9-19(18)20)16-27-13-5-6-17(15-27)14-25-23(29)21-11-4-12-24-21/h1-3,7-10,17,21,24H,4-6,11-16H2,(H,25,29)(H,26,28). The summed E-state index contributed by atoms with van der Waals surface area (Å²) in [6.07, 6.45) is 4.15. The Kier molecular flexibility index (Phi) is 6.42. The van der Waals surface area contributed by atoms with E-state index < -0.39 is 0 Å². The Hall–Kier alpha value is -2.44. The summed E-state index contributed by atoms with van der Waals surface area (Å²) in [6.45, 7) is 3.79. The second kappa shape index (κ2) is 9.37. The summed E-state index contributed by atoms with van der Waals surface area (Å²) in [5.41, 5.74) is 0.859. The van der Waals surface area contributed by atoms with Crippen LogP contribution in [-0.4, -0.2) is 55.5 Å². The van der Waals surface area contributed by atoms with Crippen LogP contribution in [0.15, 0.2) is 42.5 Å². The molecule has 2 heterocycles. The third-order valence-corrected chi connectivity index (χ3v) is 5.98. The molecule has 2 aromatic carbocycles. The summed E-state index contributed by atoms with van der Waals surface area (Å²) in [4.78, 5) is 27.0. The van der Waals surface area contributed by atoms with Crippen LogP contribution in [0, 0.1) is 5.92 Å². The highest BCUT2D eigenvalue weighted by molar-refractivity contribution is 6.02. The maximum Gasteiger partial charge on any atom is 0.238 e. The number of anilines is 1. The highest BCUT2D eigenvalue weighted by atomic mass is 16.2. The molecule has 2 amide bonds. The van der Waals surface area contributed by atoms with E-state index in [1.54, 1.807) is 0 Å². The van der Waals surface area contributed by atoms with Gasteiger partial charge in [-0.2, -0.15) is 0 Å². The van der Waals surface area contributed by atoms with E-state index >= 15 is 0 Å². The molecule has 2 unspecified atom stereocenters. The van der Waals surface area contributed by atoms with Gasteiger partial charge in [0, 0.05) is 24.2 Å². The van der Waals surface area contributed by atoms with Gasteiger partial charge < -0.3 is 16.0 Å². The fraction of sp³-hybridized carbons (Fsp3) is 0.478. The Labute approximate surface area is 172 Å². The molecular formula is C23H30N4O2. The van der Waals surface area contributed by atoms with E-state index in [9.17, 15) is 9.59 Å². The van der Waals surface area contributed by atoms with Crippen LogP contribution < -0.4 is 16.0 Å². The molecule has 2 aliphatic heterocycles. The minimum atomic E-state index is -0.0267. The van der Waals surface area contributed by atoms with Crippen LogP contribution in [0.5, 0.6) is 0 Å². The lowest BCUT2D eigenvalue weighted by Crippen LogP contribution is -2.46. The van der Waals surface area contributed by atoms with Crippen molar-refractivity contribution in [2.75, 3.05) is 38.0 Å². The zero-order chi connectivity index (χ0) is 20.1. The van der Waals surface area contributed by atoms with E-state index in [1.807, 2.05) is 30.3 Å². The topological polar surface area (TPSA) is 73.5 Å². The van der Waals surface area contributed by atoms with E-state index in [0.29, 0.717) is 19.0 Å². The summed E-state index contributed by atoms with van der Waals surface area (Å²) in [7, 11) is 0. The first-order valence-corrected chi connectivity index (χ1v) is 10.7. The molecule has 0 aromatic heterocycles. The molecule has 2 fully saturated rings. The van der Waals surface area contributed by atoms with E-state index in [0.717, 1.165) is 61.8 Å². The minimum Gasteiger partial charge on any atom is -0.354 e. The van der Waals surface area contributed by atoms with E-state index in [-0.39, 0.29) is 17.9 Å². The van der Waals surface area contributed by atoms with Gasteiger partial charge in [0.1, 0.15) is 0 Å². The monoisotopic (exact) mass is 394 g/mol. The van der Waals surface area contributed by atoms with Crippen molar-refractivity contribution in [3.05, 3.63) is 42.5 Å². The molecule has 0 radical (unpaired) electrons. The molecule has 3 N–H and O–H groups in total. The van der Waals surface area contributed by atoms with E-state index in [1.165, 1.54) is 0 Å². The quantitative estimate of drug-likeness (QED) is 0.703. The number of benzene rings is 2. The number of nitrogens with one attached hydrogen (secondary N) is 3. The van der Waals surface area contributed by atoms with Gasteiger partial charge in [0.25, 0.3) is 0 Å². The Bertz CT molecular complexity index is 858. The average Bonchev–Trinajstić information content (AvgIpc) is 3.28. The van der Waals surface area contributed by atoms with Crippen LogP contribution in [0.3, 0.4) is 0 Å². The predicted molar refractivity (Wildman–Crippen MR) is 116 cm³/mol. The van der Waals surface area contributed by atoms with Gasteiger partial charge in [-0.25, -0.2) is 0 Å². The third kappa shape index (κ3) is 5.14. The number of piperidine rings is 1. The first kappa shape index (κ1) is 19.9. The van der Waals surface area contributed by atoms with Crippen molar-refractivity contribution in [2.45, 2.75) is 31.7 Å². The molecule has 6 nitrogen and oxygen atoms in total. The van der Waals surface area contributed by atoms with Gasteiger partial charge in [-0.05, 0) is 56.1 Å². The minimum absolute atomic E-state index is 0.0150. The normalized spacial score (nSPS) is 22.5. The van der Waals surface area contributed by atoms with Gasteiger partial charge in [0.2, 0.25) is 11.8 Å². The molecule has 2 atom stereocenters. The van der Waals surface area contributed by atoms with Gasteiger partial charge >= 0.3 is 0 Å². The molecule has 154 valence electrons. The maximum absolute atomic E-state index is 12.6. The largest absolute Gasteiger partial charge is 0.354 e. The second-order valence-electron chi connectivity index (χ2n) is 8.21. The van der Waals surface area contributed by atoms with Crippen LogP contribution in [0.2, 0.25) is 0 Å². The van der Waals surface area contributed by atoms with Crippen molar-refractivity contribution in [3.8, 4) is 0 Å². The number of carbonyl (C=O) groups excluding carboxylic acids is 2. The molecule has 2 aromatic rings. The number of hydrogen-bond donors (Lipinski definition) is 3. The van der Waals surface area contributed by atoms with E-state index in [2.05, 4.69) is 33.0 Å². The van der Waals surface area contributed by atoms with Gasteiger partial charge in [-0.3, -0.25) is 14.5 Å². The SMILES string of the molecule is O=C(CN1CCCC(CNC(=O)C2CCCN2)C1)Nc1cccc2ccccc12. The number of amides is 2. The predicted octanol–water partition coefficient (Wildman–Crippen LogP) is 2.36. The highest BCUT2D eigenvalue weighted by Crippen LogP contribution is 2.23. The van der Waals surface area contributed by atoms with Crippen molar-refractivity contribution in [1.82, 2.24) is 15.5 Å². The van der Waals surface area contributed by atoms with Gasteiger partial charge in [-0.1, -0.05) is 36.4 Å². The molecule has 0 bridgehead atoms. The van der Waals surface area contributed by atoms with E-state index in [4.69, 9.17) is 0 Å². The zero-order valence-corrected chi connectivity index (χ0v) is 16.8. The third-order valence-electron chi connectivity index (χ3n) is 5.98. The zero-order valence-electron chi connectivity index (χ0n) is 16.8. The molecule has 2 saturated heterocycles. The summed E-state index contributed by atoms with van der Waals surface area (Å²) < 4.78 is 0. The number of likely N-dealkylation sites (tertiary alicyclic amines) is 1. The number of hydrogen-bond acceptors (Lipinski definition) is 4. The average molecular weight is 395 g/mol. The lowest BCUT2D eigenvalue weighted by atomic mass is 9.97. The second-order valence-corrected chi connectivity index (χ2v) is 8.21. The smallest absolute Gasteiger partial charge is 0.238 e. The van der Waals surface area contributed by atoms with Crippen molar-refractivity contribution in [2.24, 2.45) is 5.92 Å². The first-order chi connectivity index (χ1) is 14.2. The van der Waals surface area contributed by atoms with Crippen molar-refractivity contribution >= 4 is 28.3 Å². The number of fused-ring (bicyclic) bond motifs is 1. The summed E-state index contributed by atoms with van der Waals surface area (Å²) >= 11 is 0. The Balaban J connectivity index is 1.27. The molecule has 6 heteroatoms. The molecule has 0 aliphatic carbocycles. The van der Waals surface area contributed by atoms with Crippen molar-refractivity contribution in [1.29, 1.82) is 0 Å². The van der Waals surface area contributed by atoms with Crippen LogP contribution in [0.25, 0.3) is 10.8 Å². The first-order valence-electron chi connectivity index (χ1n) is 10.7. The number of nitrogens with zero attached hydrogens (tertiary/aromatic N) is 1. The Morgan fingerprint density at radius 3 is 2.79 bits per heavy atom. The van der Waals surface area contributed by atoms with Crippen LogP contribution in [-0.2, 0) is 9.59 Å². The molecular weight excluding hydrogens is 364 g/mol. The fourth-order valence-corrected chi connectivity index (χ4v) is 4.47. The Morgan fingerprint density at radius 1 is 1.07 bits per heavy atom. The lowest BCUT2D eigenvalue weighted by molar-refractivity contribution is -0.123. The van der Waals surface area contributed by atoms with Crippen LogP contribution in [0.1, 0.15) is 25.7 Å². The molecule has 0 spiro atoms. The molecule has 4 rings (SSSR count). The van der Waals surface area contributed by atoms with Gasteiger partial charge in [0.15, 0.2) is 0 Å². The van der Waals surface area contributed by atoms with Crippen molar-refractivity contribution in [3.63, 3.8) is 0 Å². The summed E-state index contributed by atoms with van der Waals surface area (Å²) in [5, 5.41) is 11.6. The van der Waals surface area contributed by atoms with Crippen molar-refractivity contribution < 1.29 is 9.59 Å². The molecule has 2 aliphatic rings. The number of carbonyl (C=O) groups is 2. The summed E-state index contributed by atoms with van der Waals surface area (Å²) in [6, 6.07) is 14.0. The Morgan fingerprint density at radius 2 is 1.93 bits per heavy atom. The summed E-state index contributed by atoms with van der Waals surface area (Å²) in [5.74, 6) is 0.536. The number of rotatable bonds is 6.